The second-order valence-corrected chi connectivity index (χ2v) is 5.32. The predicted octanol–water partition coefficient (Wildman–Crippen LogP) is 1.47. The molecule has 2 heterocycles. The molecule has 3 rings (SSSR count). The van der Waals surface area contributed by atoms with Crippen LogP contribution in [0.15, 0.2) is 24.3 Å². The molecule has 2 aromatic rings. The molecular weight excluding hydrogens is 282 g/mol. The number of benzene rings is 1. The van der Waals surface area contributed by atoms with Crippen molar-refractivity contribution in [3.05, 3.63) is 41.2 Å². The van der Waals surface area contributed by atoms with Crippen LogP contribution in [0.25, 0.3) is 0 Å². The van der Waals surface area contributed by atoms with Crippen LogP contribution in [0.5, 0.6) is 0 Å². The predicted molar refractivity (Wildman–Crippen MR) is 78.8 cm³/mol. The second kappa shape index (κ2) is 6.65. The largest absolute Gasteiger partial charge is 0.363 e. The van der Waals surface area contributed by atoms with E-state index < -0.39 is 6.10 Å². The van der Waals surface area contributed by atoms with Crippen LogP contribution in [0, 0.1) is 0 Å². The van der Waals surface area contributed by atoms with Crippen molar-refractivity contribution in [3.63, 3.8) is 0 Å². The lowest BCUT2D eigenvalue weighted by atomic mass is 9.97. The van der Waals surface area contributed by atoms with Gasteiger partial charge in [0, 0.05) is 0 Å². The molecule has 7 heteroatoms. The summed E-state index contributed by atoms with van der Waals surface area (Å²) in [6, 6.07) is 7.64. The highest BCUT2D eigenvalue weighted by atomic mass is 16.5. The highest BCUT2D eigenvalue weighted by Crippen LogP contribution is 2.28. The van der Waals surface area contributed by atoms with E-state index in [1.54, 1.807) is 0 Å². The number of rotatable bonds is 5. The Hall–Kier alpha value is -2.28. The summed E-state index contributed by atoms with van der Waals surface area (Å²) in [5.41, 5.74) is 2.11. The number of ether oxygens (including phenoxy) is 1. The summed E-state index contributed by atoms with van der Waals surface area (Å²) in [6.07, 6.45) is 1.92. The number of aromatic nitrogens is 4. The first-order valence-corrected chi connectivity index (χ1v) is 7.52. The van der Waals surface area contributed by atoms with Crippen LogP contribution in [-0.4, -0.2) is 33.1 Å². The molecule has 22 heavy (non-hydrogen) atoms. The average Bonchev–Trinajstić information content (AvgIpc) is 3.08. The molecule has 7 nitrogen and oxygen atoms in total. The van der Waals surface area contributed by atoms with E-state index in [1.165, 1.54) is 5.56 Å². The molecule has 2 atom stereocenters. The van der Waals surface area contributed by atoms with Crippen LogP contribution in [0.3, 0.4) is 0 Å². The van der Waals surface area contributed by atoms with Gasteiger partial charge in [0.2, 0.25) is 0 Å². The zero-order valence-corrected chi connectivity index (χ0v) is 12.5. The molecule has 0 bridgehead atoms. The number of hydrogen-bond donors (Lipinski definition) is 2. The molecule has 0 fully saturated rings. The first-order chi connectivity index (χ1) is 10.8. The molecule has 0 aliphatic carbocycles. The Labute approximate surface area is 128 Å². The minimum atomic E-state index is -0.573. The molecule has 0 radical (unpaired) electrons. The summed E-state index contributed by atoms with van der Waals surface area (Å²) in [7, 11) is 0. The van der Waals surface area contributed by atoms with Gasteiger partial charge in [-0.3, -0.25) is 4.79 Å². The summed E-state index contributed by atoms with van der Waals surface area (Å²) >= 11 is 0. The number of carbonyl (C=O) groups is 1. The minimum absolute atomic E-state index is 0.157. The fourth-order valence-electron chi connectivity index (χ4n) is 2.73. The van der Waals surface area contributed by atoms with E-state index in [1.807, 2.05) is 31.2 Å². The number of amides is 1. The lowest BCUT2D eigenvalue weighted by Gasteiger charge is -2.26. The number of nitrogens with one attached hydrogen (secondary N) is 2. The van der Waals surface area contributed by atoms with Crippen molar-refractivity contribution in [2.24, 2.45) is 0 Å². The fourth-order valence-corrected chi connectivity index (χ4v) is 2.73. The number of aromatic amines is 1. The van der Waals surface area contributed by atoms with Gasteiger partial charge in [-0.25, -0.2) is 0 Å². The minimum Gasteiger partial charge on any atom is -0.363 e. The topological polar surface area (TPSA) is 92.8 Å². The zero-order valence-electron chi connectivity index (χ0n) is 12.5. The van der Waals surface area contributed by atoms with Gasteiger partial charge in [0.15, 0.2) is 11.9 Å². The van der Waals surface area contributed by atoms with Crippen LogP contribution in [0.1, 0.15) is 48.9 Å². The van der Waals surface area contributed by atoms with Crippen molar-refractivity contribution in [2.45, 2.75) is 38.3 Å². The normalized spacial score (nSPS) is 18.5. The Morgan fingerprint density at radius 2 is 2.36 bits per heavy atom. The number of tetrazole rings is 1. The molecular formula is C15H19N5O2. The smallest absolute Gasteiger partial charge is 0.254 e. The van der Waals surface area contributed by atoms with Crippen molar-refractivity contribution < 1.29 is 9.53 Å². The lowest BCUT2D eigenvalue weighted by Crippen LogP contribution is -2.36. The third-order valence-electron chi connectivity index (χ3n) is 3.80. The maximum atomic E-state index is 12.6. The van der Waals surface area contributed by atoms with Gasteiger partial charge in [-0.15, -0.1) is 10.2 Å². The second-order valence-electron chi connectivity index (χ2n) is 5.32. The molecule has 2 unspecified atom stereocenters. The number of fused-ring (bicyclic) bond motifs is 1. The maximum absolute atomic E-state index is 12.6. The van der Waals surface area contributed by atoms with Crippen molar-refractivity contribution in [1.29, 1.82) is 0 Å². The van der Waals surface area contributed by atoms with Crippen molar-refractivity contribution in [2.75, 3.05) is 6.61 Å². The zero-order chi connectivity index (χ0) is 15.4. The SMILES string of the molecule is CCCC(NC(=O)C1OCCc2ccccc21)c1nn[nH]n1. The standard InChI is InChI=1S/C15H19N5O2/c1-2-5-12(14-17-19-20-18-14)16-15(21)13-11-7-4-3-6-10(11)8-9-22-13/h3-4,6-7,12-13H,2,5,8-9H2,1H3,(H,16,21)(H,17,18,19,20). The number of nitrogens with zero attached hydrogens (tertiary/aromatic N) is 3. The van der Waals surface area contributed by atoms with Gasteiger partial charge in [0.1, 0.15) is 0 Å². The molecule has 0 saturated heterocycles. The Kier molecular flexibility index (Phi) is 4.43. The monoisotopic (exact) mass is 301 g/mol. The van der Waals surface area contributed by atoms with E-state index >= 15 is 0 Å². The number of H-pyrrole nitrogens is 1. The van der Waals surface area contributed by atoms with Crippen LogP contribution in [0.2, 0.25) is 0 Å². The fraction of sp³-hybridized carbons (Fsp3) is 0.467. The highest BCUT2D eigenvalue weighted by Gasteiger charge is 2.29. The third kappa shape index (κ3) is 2.99. The third-order valence-corrected chi connectivity index (χ3v) is 3.80. The first kappa shape index (κ1) is 14.6. The van der Waals surface area contributed by atoms with Crippen molar-refractivity contribution in [3.8, 4) is 0 Å². The molecule has 1 aliphatic heterocycles. The quantitative estimate of drug-likeness (QED) is 0.872. The Balaban J connectivity index is 1.77. The summed E-state index contributed by atoms with van der Waals surface area (Å²) < 4.78 is 5.69. The number of carbonyl (C=O) groups excluding carboxylic acids is 1. The van der Waals surface area contributed by atoms with E-state index in [0.717, 1.165) is 24.8 Å². The average molecular weight is 301 g/mol. The van der Waals surface area contributed by atoms with Gasteiger partial charge in [-0.2, -0.15) is 5.21 Å². The molecule has 1 aromatic heterocycles. The summed E-state index contributed by atoms with van der Waals surface area (Å²) in [6.45, 7) is 2.60. The van der Waals surface area contributed by atoms with Gasteiger partial charge >= 0.3 is 0 Å². The van der Waals surface area contributed by atoms with Gasteiger partial charge in [-0.1, -0.05) is 42.8 Å². The van der Waals surface area contributed by atoms with E-state index in [2.05, 4.69) is 25.9 Å². The van der Waals surface area contributed by atoms with Crippen LogP contribution in [0.4, 0.5) is 0 Å². The Morgan fingerprint density at radius 3 is 3.14 bits per heavy atom. The van der Waals surface area contributed by atoms with Crippen LogP contribution < -0.4 is 5.32 Å². The molecule has 116 valence electrons. The summed E-state index contributed by atoms with van der Waals surface area (Å²) in [5, 5.41) is 16.9. The molecule has 2 N–H and O–H groups in total. The van der Waals surface area contributed by atoms with Gasteiger partial charge in [0.05, 0.1) is 12.6 Å². The molecule has 1 amide bonds. The van der Waals surface area contributed by atoms with Gasteiger partial charge in [-0.05, 0) is 24.0 Å². The van der Waals surface area contributed by atoms with Gasteiger partial charge in [0.25, 0.3) is 5.91 Å². The molecule has 0 saturated carbocycles. The maximum Gasteiger partial charge on any atom is 0.254 e. The molecule has 0 spiro atoms. The van der Waals surface area contributed by atoms with E-state index in [-0.39, 0.29) is 11.9 Å². The van der Waals surface area contributed by atoms with Crippen molar-refractivity contribution >= 4 is 5.91 Å². The van der Waals surface area contributed by atoms with E-state index in [0.29, 0.717) is 12.4 Å². The van der Waals surface area contributed by atoms with Crippen LogP contribution in [-0.2, 0) is 16.0 Å². The summed E-state index contributed by atoms with van der Waals surface area (Å²) in [5.74, 6) is 0.342. The van der Waals surface area contributed by atoms with Crippen molar-refractivity contribution in [1.82, 2.24) is 25.9 Å². The number of hydrogen-bond acceptors (Lipinski definition) is 5. The van der Waals surface area contributed by atoms with Gasteiger partial charge < -0.3 is 10.1 Å². The molecule has 1 aliphatic rings. The lowest BCUT2D eigenvalue weighted by molar-refractivity contribution is -0.135. The summed E-state index contributed by atoms with van der Waals surface area (Å²) in [4.78, 5) is 12.6. The Bertz CT molecular complexity index is 629. The van der Waals surface area contributed by atoms with Crippen LogP contribution >= 0.6 is 0 Å². The van der Waals surface area contributed by atoms with E-state index in [4.69, 9.17) is 4.74 Å². The first-order valence-electron chi connectivity index (χ1n) is 7.52. The molecule has 1 aromatic carbocycles. The van der Waals surface area contributed by atoms with E-state index in [9.17, 15) is 4.79 Å². The Morgan fingerprint density at radius 1 is 1.50 bits per heavy atom. The highest BCUT2D eigenvalue weighted by molar-refractivity contribution is 5.83.